The first-order valence-electron chi connectivity index (χ1n) is 10.8. The molecular weight excluding hydrogens is 424 g/mol. The van der Waals surface area contributed by atoms with Crippen LogP contribution in [0.4, 0.5) is 5.69 Å². The summed E-state index contributed by atoms with van der Waals surface area (Å²) < 4.78 is 0.585. The lowest BCUT2D eigenvalue weighted by Gasteiger charge is -2.29. The summed E-state index contributed by atoms with van der Waals surface area (Å²) >= 11 is 6.89. The molecule has 2 fully saturated rings. The Bertz CT molecular complexity index is 1100. The Hall–Kier alpha value is -2.44. The number of aryl methyl sites for hydroxylation is 1. The van der Waals surface area contributed by atoms with Crippen LogP contribution in [0.1, 0.15) is 48.8 Å². The molecule has 0 bridgehead atoms. The van der Waals surface area contributed by atoms with Crippen molar-refractivity contribution in [3.05, 3.63) is 70.1 Å². The van der Waals surface area contributed by atoms with Crippen molar-refractivity contribution in [3.8, 4) is 0 Å². The Morgan fingerprint density at radius 1 is 0.968 bits per heavy atom. The average Bonchev–Trinajstić information content (AvgIpc) is 3.22. The molecule has 158 valence electrons. The van der Waals surface area contributed by atoms with Gasteiger partial charge in [-0.25, -0.2) is 0 Å². The first-order valence-corrected chi connectivity index (χ1v) is 12.0. The second-order valence-corrected chi connectivity index (χ2v) is 10.1. The molecule has 0 spiro atoms. The molecule has 3 aliphatic rings. The summed E-state index contributed by atoms with van der Waals surface area (Å²) in [5, 5.41) is 0. The van der Waals surface area contributed by atoms with E-state index in [1.165, 1.54) is 23.7 Å². The second kappa shape index (κ2) is 8.24. The molecule has 2 aromatic rings. The Morgan fingerprint density at radius 2 is 1.68 bits per heavy atom. The second-order valence-electron chi connectivity index (χ2n) is 8.43. The molecule has 4 nitrogen and oxygen atoms in total. The van der Waals surface area contributed by atoms with Gasteiger partial charge in [0.1, 0.15) is 4.32 Å². The Kier molecular flexibility index (Phi) is 5.44. The number of benzene rings is 2. The summed E-state index contributed by atoms with van der Waals surface area (Å²) in [5.74, 6) is -0.219. The number of amides is 2. The van der Waals surface area contributed by atoms with Crippen LogP contribution in [-0.4, -0.2) is 27.1 Å². The number of thioether (sulfide) groups is 1. The van der Waals surface area contributed by atoms with Crippen molar-refractivity contribution in [1.29, 1.82) is 0 Å². The molecule has 0 unspecified atom stereocenters. The van der Waals surface area contributed by atoms with E-state index >= 15 is 0 Å². The molecule has 1 saturated heterocycles. The number of hydrogen-bond donors (Lipinski definition) is 0. The number of anilines is 1. The number of nitrogens with zero attached hydrogens (tertiary/aromatic N) is 2. The average molecular weight is 449 g/mol. The summed E-state index contributed by atoms with van der Waals surface area (Å²) in [7, 11) is 0. The van der Waals surface area contributed by atoms with Crippen LogP contribution in [0.15, 0.2) is 53.4 Å². The molecule has 2 amide bonds. The van der Waals surface area contributed by atoms with Crippen molar-refractivity contribution < 1.29 is 9.59 Å². The van der Waals surface area contributed by atoms with Gasteiger partial charge in [-0.3, -0.25) is 14.5 Å². The molecule has 0 aromatic heterocycles. The molecule has 2 aromatic carbocycles. The molecule has 0 radical (unpaired) electrons. The van der Waals surface area contributed by atoms with Gasteiger partial charge in [-0.2, -0.15) is 0 Å². The quantitative estimate of drug-likeness (QED) is 0.463. The van der Waals surface area contributed by atoms with Gasteiger partial charge in [0.05, 0.1) is 22.7 Å². The summed E-state index contributed by atoms with van der Waals surface area (Å²) in [6.45, 7) is 2.52. The molecule has 2 heterocycles. The molecule has 0 N–H and O–H groups in total. The van der Waals surface area contributed by atoms with Crippen LogP contribution in [0.3, 0.4) is 0 Å². The first kappa shape index (κ1) is 20.5. The predicted octanol–water partition coefficient (Wildman–Crippen LogP) is 5.45. The largest absolute Gasteiger partial charge is 0.303 e. The highest BCUT2D eigenvalue weighted by Crippen LogP contribution is 2.46. The molecular formula is C25H24N2O2S2. The van der Waals surface area contributed by atoms with Gasteiger partial charge in [-0.05, 0) is 31.4 Å². The van der Waals surface area contributed by atoms with Gasteiger partial charge < -0.3 is 4.90 Å². The molecule has 2 aliphatic heterocycles. The third kappa shape index (κ3) is 3.62. The molecule has 1 saturated carbocycles. The van der Waals surface area contributed by atoms with E-state index < -0.39 is 0 Å². The van der Waals surface area contributed by atoms with E-state index in [1.54, 1.807) is 9.80 Å². The Balaban J connectivity index is 1.52. The van der Waals surface area contributed by atoms with Gasteiger partial charge in [-0.1, -0.05) is 91.3 Å². The highest BCUT2D eigenvalue weighted by atomic mass is 32.2. The van der Waals surface area contributed by atoms with Crippen LogP contribution < -0.4 is 4.90 Å². The molecule has 31 heavy (non-hydrogen) atoms. The zero-order valence-electron chi connectivity index (χ0n) is 17.5. The molecule has 5 rings (SSSR count). The van der Waals surface area contributed by atoms with E-state index in [0.29, 0.717) is 21.3 Å². The van der Waals surface area contributed by atoms with Gasteiger partial charge in [0.15, 0.2) is 0 Å². The fraction of sp³-hybridized carbons (Fsp3) is 0.320. The lowest BCUT2D eigenvalue weighted by Crippen LogP contribution is -2.40. The van der Waals surface area contributed by atoms with Crippen LogP contribution in [0, 0.1) is 6.92 Å². The third-order valence-electron chi connectivity index (χ3n) is 6.35. The monoisotopic (exact) mass is 448 g/mol. The number of rotatable bonds is 3. The number of carbonyl (C=O) groups excluding carboxylic acids is 2. The van der Waals surface area contributed by atoms with Crippen molar-refractivity contribution in [3.63, 3.8) is 0 Å². The smallest absolute Gasteiger partial charge is 0.267 e. The van der Waals surface area contributed by atoms with Gasteiger partial charge in [0, 0.05) is 11.6 Å². The van der Waals surface area contributed by atoms with Gasteiger partial charge in [-0.15, -0.1) is 0 Å². The minimum atomic E-state index is -0.120. The van der Waals surface area contributed by atoms with Crippen LogP contribution in [0.25, 0.3) is 5.57 Å². The number of hydrogen-bond acceptors (Lipinski definition) is 4. The Morgan fingerprint density at radius 3 is 2.42 bits per heavy atom. The Labute approximate surface area is 192 Å². The minimum Gasteiger partial charge on any atom is -0.303 e. The maximum Gasteiger partial charge on any atom is 0.267 e. The minimum absolute atomic E-state index is 0.0998. The van der Waals surface area contributed by atoms with Crippen LogP contribution >= 0.6 is 24.0 Å². The van der Waals surface area contributed by atoms with Crippen LogP contribution in [0.2, 0.25) is 0 Å². The van der Waals surface area contributed by atoms with Crippen LogP contribution in [0.5, 0.6) is 0 Å². The maximum absolute atomic E-state index is 13.6. The number of carbonyl (C=O) groups is 2. The lowest BCUT2D eigenvalue weighted by molar-refractivity contribution is -0.124. The van der Waals surface area contributed by atoms with Crippen molar-refractivity contribution in [2.45, 2.75) is 51.6 Å². The van der Waals surface area contributed by atoms with Gasteiger partial charge >= 0.3 is 0 Å². The summed E-state index contributed by atoms with van der Waals surface area (Å²) in [6, 6.07) is 16.1. The first-order chi connectivity index (χ1) is 15.0. The SMILES string of the molecule is Cc1ccc(CN2C(=O)/C(=C3\SC(=S)N(C4CCCCC4)C3=O)c3ccccc32)cc1. The van der Waals surface area contributed by atoms with E-state index in [-0.39, 0.29) is 17.9 Å². The molecule has 6 heteroatoms. The van der Waals surface area contributed by atoms with E-state index in [4.69, 9.17) is 12.2 Å². The number of thiocarbonyl (C=S) groups is 1. The van der Waals surface area contributed by atoms with Crippen molar-refractivity contribution in [2.24, 2.45) is 0 Å². The highest BCUT2D eigenvalue weighted by Gasteiger charge is 2.44. The summed E-state index contributed by atoms with van der Waals surface area (Å²) in [4.78, 5) is 31.1. The van der Waals surface area contributed by atoms with Crippen molar-refractivity contribution in [1.82, 2.24) is 4.90 Å². The van der Waals surface area contributed by atoms with Gasteiger partial charge in [0.25, 0.3) is 11.8 Å². The summed E-state index contributed by atoms with van der Waals surface area (Å²) in [5.41, 5.74) is 4.42. The molecule has 0 atom stereocenters. The van der Waals surface area contributed by atoms with E-state index in [9.17, 15) is 9.59 Å². The standard InChI is InChI=1S/C25H24N2O2S2/c1-16-11-13-17(14-12-16)15-26-20-10-6-5-9-19(20)21(23(26)28)22-24(29)27(25(30)31-22)18-7-3-2-4-8-18/h5-6,9-14,18H,2-4,7-8,15H2,1H3/b22-21-. The van der Waals surface area contributed by atoms with E-state index in [1.807, 2.05) is 43.3 Å². The zero-order valence-corrected chi connectivity index (χ0v) is 19.1. The van der Waals surface area contributed by atoms with Gasteiger partial charge in [0.2, 0.25) is 0 Å². The normalized spacial score (nSPS) is 21.9. The zero-order chi connectivity index (χ0) is 21.5. The van der Waals surface area contributed by atoms with Crippen LogP contribution in [-0.2, 0) is 16.1 Å². The third-order valence-corrected chi connectivity index (χ3v) is 7.75. The lowest BCUT2D eigenvalue weighted by atomic mass is 9.94. The fourth-order valence-electron chi connectivity index (χ4n) is 4.72. The number of fused-ring (bicyclic) bond motifs is 1. The summed E-state index contributed by atoms with van der Waals surface area (Å²) in [6.07, 6.45) is 5.43. The number of para-hydroxylation sites is 1. The predicted molar refractivity (Wildman–Crippen MR) is 130 cm³/mol. The van der Waals surface area contributed by atoms with E-state index in [2.05, 4.69) is 12.1 Å². The maximum atomic E-state index is 13.6. The van der Waals surface area contributed by atoms with Crippen molar-refractivity contribution >= 4 is 51.4 Å². The topological polar surface area (TPSA) is 40.6 Å². The van der Waals surface area contributed by atoms with E-state index in [0.717, 1.165) is 42.5 Å². The fourth-order valence-corrected chi connectivity index (χ4v) is 6.19. The van der Waals surface area contributed by atoms with Crippen molar-refractivity contribution in [2.75, 3.05) is 4.90 Å². The highest BCUT2D eigenvalue weighted by molar-refractivity contribution is 8.26. The molecule has 1 aliphatic carbocycles.